The molecule has 1 aromatic heterocycles. The lowest BCUT2D eigenvalue weighted by Crippen LogP contribution is -2.23. The molecule has 0 bridgehead atoms. The van der Waals surface area contributed by atoms with Gasteiger partial charge >= 0.3 is 0 Å². The number of nitrogens with one attached hydrogen (secondary N) is 1. The molecule has 0 amide bonds. The summed E-state index contributed by atoms with van der Waals surface area (Å²) in [6.45, 7) is 4.43. The van der Waals surface area contributed by atoms with Crippen molar-refractivity contribution < 1.29 is 0 Å². The highest BCUT2D eigenvalue weighted by Gasteiger charge is 2.11. The molecule has 1 N–H and O–H groups in total. The average molecular weight is 286 g/mol. The maximum absolute atomic E-state index is 12.1. The van der Waals surface area contributed by atoms with Gasteiger partial charge in [-0.2, -0.15) is 0 Å². The summed E-state index contributed by atoms with van der Waals surface area (Å²) in [4.78, 5) is 12.1. The summed E-state index contributed by atoms with van der Waals surface area (Å²) in [6, 6.07) is 10.3. The minimum absolute atomic E-state index is 0.0435. The van der Waals surface area contributed by atoms with Gasteiger partial charge in [0.25, 0.3) is 5.56 Å². The zero-order valence-corrected chi connectivity index (χ0v) is 13.4. The number of hydrogen-bond acceptors (Lipinski definition) is 2. The van der Waals surface area contributed by atoms with Crippen molar-refractivity contribution in [3.05, 3.63) is 40.7 Å². The molecule has 1 unspecified atom stereocenters. The lowest BCUT2D eigenvalue weighted by molar-refractivity contribution is 0.565. The van der Waals surface area contributed by atoms with Crippen LogP contribution in [-0.2, 0) is 7.05 Å². The number of unbranched alkanes of at least 4 members (excludes halogenated alkanes) is 1. The van der Waals surface area contributed by atoms with Gasteiger partial charge in [0.2, 0.25) is 0 Å². The molecular weight excluding hydrogens is 260 g/mol. The van der Waals surface area contributed by atoms with Crippen molar-refractivity contribution in [2.75, 3.05) is 5.32 Å². The average Bonchev–Trinajstić information content (AvgIpc) is 2.50. The molecule has 0 aliphatic rings. The fourth-order valence-corrected chi connectivity index (χ4v) is 2.84. The van der Waals surface area contributed by atoms with Crippen LogP contribution in [0.4, 0.5) is 5.69 Å². The number of hydrogen-bond donors (Lipinski definition) is 1. The molecule has 0 spiro atoms. The molecule has 21 heavy (non-hydrogen) atoms. The molecule has 1 heterocycles. The summed E-state index contributed by atoms with van der Waals surface area (Å²) in [5, 5.41) is 4.73. The predicted molar refractivity (Wildman–Crippen MR) is 91.0 cm³/mol. The number of rotatable bonds is 7. The van der Waals surface area contributed by atoms with Gasteiger partial charge in [-0.1, -0.05) is 51.3 Å². The number of para-hydroxylation sites is 1. The second kappa shape index (κ2) is 7.30. The zero-order chi connectivity index (χ0) is 15.2. The molecule has 2 aromatic rings. The molecule has 1 aromatic carbocycles. The monoisotopic (exact) mass is 286 g/mol. The highest BCUT2D eigenvalue weighted by molar-refractivity contribution is 5.91. The zero-order valence-electron chi connectivity index (χ0n) is 13.4. The fraction of sp³-hybridized carbons (Fsp3) is 0.500. The van der Waals surface area contributed by atoms with Crippen LogP contribution in [0.5, 0.6) is 0 Å². The van der Waals surface area contributed by atoms with Crippen LogP contribution in [0.15, 0.2) is 35.1 Å². The molecule has 0 saturated heterocycles. The first-order valence-corrected chi connectivity index (χ1v) is 8.02. The number of benzene rings is 1. The smallest absolute Gasteiger partial charge is 0.252 e. The highest BCUT2D eigenvalue weighted by atomic mass is 16.1. The minimum Gasteiger partial charge on any atom is -0.382 e. The number of aryl methyl sites for hydroxylation is 1. The van der Waals surface area contributed by atoms with Crippen molar-refractivity contribution in [3.8, 4) is 0 Å². The van der Waals surface area contributed by atoms with E-state index in [4.69, 9.17) is 0 Å². The van der Waals surface area contributed by atoms with E-state index in [1.807, 2.05) is 25.2 Å². The van der Waals surface area contributed by atoms with Crippen molar-refractivity contribution in [2.45, 2.75) is 52.0 Å². The van der Waals surface area contributed by atoms with Crippen LogP contribution < -0.4 is 10.9 Å². The molecule has 2 rings (SSSR count). The second-order valence-electron chi connectivity index (χ2n) is 5.74. The maximum atomic E-state index is 12.1. The molecule has 114 valence electrons. The van der Waals surface area contributed by atoms with Crippen molar-refractivity contribution in [2.24, 2.45) is 7.05 Å². The topological polar surface area (TPSA) is 34.0 Å². The van der Waals surface area contributed by atoms with E-state index >= 15 is 0 Å². The number of fused-ring (bicyclic) bond motifs is 1. The standard InChI is InChI=1S/C18H26N2O/c1-4-6-10-14(9-5-2)19-16-13-18(21)20(3)17-12-8-7-11-15(16)17/h7-8,11-14,19H,4-6,9-10H2,1-3H3. The number of anilines is 1. The van der Waals surface area contributed by atoms with Crippen LogP contribution >= 0.6 is 0 Å². The summed E-state index contributed by atoms with van der Waals surface area (Å²) in [7, 11) is 1.83. The molecule has 0 aliphatic carbocycles. The number of nitrogens with zero attached hydrogens (tertiary/aromatic N) is 1. The van der Waals surface area contributed by atoms with Crippen LogP contribution in [0.25, 0.3) is 10.9 Å². The Morgan fingerprint density at radius 3 is 2.62 bits per heavy atom. The summed E-state index contributed by atoms with van der Waals surface area (Å²) in [5.41, 5.74) is 2.00. The van der Waals surface area contributed by atoms with Gasteiger partial charge in [0.1, 0.15) is 0 Å². The third kappa shape index (κ3) is 3.66. The van der Waals surface area contributed by atoms with Gasteiger partial charge in [-0.15, -0.1) is 0 Å². The molecule has 0 aliphatic heterocycles. The molecule has 3 heteroatoms. The van der Waals surface area contributed by atoms with Crippen LogP contribution in [0.1, 0.15) is 46.0 Å². The van der Waals surface area contributed by atoms with Gasteiger partial charge < -0.3 is 9.88 Å². The second-order valence-corrected chi connectivity index (χ2v) is 5.74. The summed E-state index contributed by atoms with van der Waals surface area (Å²) in [6.07, 6.45) is 5.89. The van der Waals surface area contributed by atoms with E-state index in [0.29, 0.717) is 6.04 Å². The van der Waals surface area contributed by atoms with Gasteiger partial charge in [-0.3, -0.25) is 4.79 Å². The lowest BCUT2D eigenvalue weighted by Gasteiger charge is -2.21. The molecule has 0 saturated carbocycles. The van der Waals surface area contributed by atoms with Gasteiger partial charge in [0.05, 0.1) is 5.52 Å². The normalized spacial score (nSPS) is 12.5. The summed E-state index contributed by atoms with van der Waals surface area (Å²) >= 11 is 0. The summed E-state index contributed by atoms with van der Waals surface area (Å²) < 4.78 is 1.71. The Hall–Kier alpha value is -1.77. The lowest BCUT2D eigenvalue weighted by atomic mass is 10.0. The highest BCUT2D eigenvalue weighted by Crippen LogP contribution is 2.23. The Bertz CT molecular complexity index is 645. The molecule has 1 atom stereocenters. The molecule has 0 radical (unpaired) electrons. The Morgan fingerprint density at radius 2 is 1.90 bits per heavy atom. The van der Waals surface area contributed by atoms with Crippen molar-refractivity contribution in [3.63, 3.8) is 0 Å². The summed E-state index contributed by atoms with van der Waals surface area (Å²) in [5.74, 6) is 0. The van der Waals surface area contributed by atoms with Gasteiger partial charge in [0.15, 0.2) is 0 Å². The first-order chi connectivity index (χ1) is 10.2. The van der Waals surface area contributed by atoms with E-state index in [9.17, 15) is 4.79 Å². The SMILES string of the molecule is CCCCC(CCC)Nc1cc(=O)n(C)c2ccccc12. The number of pyridine rings is 1. The van der Waals surface area contributed by atoms with Crippen LogP contribution in [0.3, 0.4) is 0 Å². The number of aromatic nitrogens is 1. The Morgan fingerprint density at radius 1 is 1.14 bits per heavy atom. The van der Waals surface area contributed by atoms with Crippen LogP contribution in [-0.4, -0.2) is 10.6 Å². The maximum Gasteiger partial charge on any atom is 0.252 e. The Balaban J connectivity index is 2.36. The van der Waals surface area contributed by atoms with Crippen molar-refractivity contribution in [1.29, 1.82) is 0 Å². The first kappa shape index (κ1) is 15.6. The quantitative estimate of drug-likeness (QED) is 0.823. The van der Waals surface area contributed by atoms with E-state index in [-0.39, 0.29) is 5.56 Å². The van der Waals surface area contributed by atoms with Crippen LogP contribution in [0.2, 0.25) is 0 Å². The van der Waals surface area contributed by atoms with Gasteiger partial charge in [-0.25, -0.2) is 0 Å². The van der Waals surface area contributed by atoms with E-state index in [2.05, 4.69) is 25.2 Å². The molecule has 3 nitrogen and oxygen atoms in total. The van der Waals surface area contributed by atoms with Gasteiger partial charge in [0, 0.05) is 30.2 Å². The fourth-order valence-electron chi connectivity index (χ4n) is 2.84. The Labute approximate surface area is 127 Å². The van der Waals surface area contributed by atoms with E-state index in [0.717, 1.165) is 35.9 Å². The van der Waals surface area contributed by atoms with Crippen molar-refractivity contribution in [1.82, 2.24) is 4.57 Å². The third-order valence-corrected chi connectivity index (χ3v) is 4.06. The van der Waals surface area contributed by atoms with Gasteiger partial charge in [-0.05, 0) is 18.9 Å². The van der Waals surface area contributed by atoms with Crippen molar-refractivity contribution >= 4 is 16.6 Å². The first-order valence-electron chi connectivity index (χ1n) is 8.02. The molecule has 0 fully saturated rings. The van der Waals surface area contributed by atoms with E-state index in [1.54, 1.807) is 10.6 Å². The minimum atomic E-state index is 0.0435. The third-order valence-electron chi connectivity index (χ3n) is 4.06. The Kier molecular flexibility index (Phi) is 5.43. The van der Waals surface area contributed by atoms with E-state index < -0.39 is 0 Å². The molecular formula is C18H26N2O. The van der Waals surface area contributed by atoms with E-state index in [1.165, 1.54) is 12.8 Å². The predicted octanol–water partition coefficient (Wildman–Crippen LogP) is 4.31. The van der Waals surface area contributed by atoms with Crippen LogP contribution in [0, 0.1) is 0 Å². The largest absolute Gasteiger partial charge is 0.382 e.